The number of benzene rings is 2. The molecular weight excluding hydrogens is 461 g/mol. The summed E-state index contributed by atoms with van der Waals surface area (Å²) in [7, 11) is 0. The van der Waals surface area contributed by atoms with Crippen molar-refractivity contribution in [1.82, 2.24) is 9.36 Å². The van der Waals surface area contributed by atoms with Crippen LogP contribution in [0.5, 0.6) is 0 Å². The van der Waals surface area contributed by atoms with Crippen molar-refractivity contribution < 1.29 is 0 Å². The van der Waals surface area contributed by atoms with Gasteiger partial charge >= 0.3 is 0 Å². The molecule has 0 atom stereocenters. The fraction of sp³-hybridized carbons (Fsp3) is 0.320. The predicted octanol–water partition coefficient (Wildman–Crippen LogP) is 7.33. The van der Waals surface area contributed by atoms with Crippen molar-refractivity contribution in [3.05, 3.63) is 81.2 Å². The van der Waals surface area contributed by atoms with Gasteiger partial charge in [-0.15, -0.1) is 11.8 Å². The summed E-state index contributed by atoms with van der Waals surface area (Å²) in [4.78, 5) is 14.7. The minimum atomic E-state index is -0.150. The van der Waals surface area contributed by atoms with E-state index in [0.717, 1.165) is 12.2 Å². The third kappa shape index (κ3) is 5.11. The van der Waals surface area contributed by atoms with E-state index in [1.54, 1.807) is 34.6 Å². The number of thioether (sulfide) groups is 1. The molecule has 1 aliphatic rings. The van der Waals surface area contributed by atoms with E-state index in [0.29, 0.717) is 32.9 Å². The number of hydrogen-bond acceptors (Lipinski definition) is 3. The van der Waals surface area contributed by atoms with Gasteiger partial charge in [0.05, 0.1) is 16.3 Å². The highest BCUT2D eigenvalue weighted by atomic mass is 35.5. The van der Waals surface area contributed by atoms with Gasteiger partial charge in [-0.1, -0.05) is 49.0 Å². The Balaban J connectivity index is 1.70. The Hall–Kier alpha value is -2.08. The van der Waals surface area contributed by atoms with Gasteiger partial charge in [-0.3, -0.25) is 9.48 Å². The number of aromatic nitrogens is 2. The van der Waals surface area contributed by atoms with Crippen LogP contribution in [0.2, 0.25) is 10.0 Å². The molecule has 3 aromatic rings. The van der Waals surface area contributed by atoms with Crippen LogP contribution in [0.25, 0.3) is 11.4 Å². The lowest BCUT2D eigenvalue weighted by atomic mass is 9.89. The molecular formula is C25H27Cl2N3OS. The fourth-order valence-electron chi connectivity index (χ4n) is 4.29. The van der Waals surface area contributed by atoms with Gasteiger partial charge in [0.15, 0.2) is 0 Å². The smallest absolute Gasteiger partial charge is 0.280 e. The molecule has 0 bridgehead atoms. The van der Waals surface area contributed by atoms with E-state index in [1.807, 2.05) is 41.4 Å². The lowest BCUT2D eigenvalue weighted by molar-refractivity contribution is 0.299. The van der Waals surface area contributed by atoms with E-state index in [4.69, 9.17) is 23.2 Å². The Morgan fingerprint density at radius 2 is 1.84 bits per heavy atom. The summed E-state index contributed by atoms with van der Waals surface area (Å²) in [5.41, 5.74) is 2.46. The Bertz CT molecular complexity index is 1160. The van der Waals surface area contributed by atoms with Crippen LogP contribution in [0.15, 0.2) is 64.9 Å². The molecule has 0 amide bonds. The van der Waals surface area contributed by atoms with Crippen LogP contribution < -0.4 is 10.9 Å². The first kappa shape index (κ1) is 23.1. The monoisotopic (exact) mass is 487 g/mol. The van der Waals surface area contributed by atoms with Gasteiger partial charge in [0.2, 0.25) is 0 Å². The molecule has 4 nitrogen and oxygen atoms in total. The molecule has 4 rings (SSSR count). The summed E-state index contributed by atoms with van der Waals surface area (Å²) in [6.45, 7) is 4.93. The summed E-state index contributed by atoms with van der Waals surface area (Å²) >= 11 is 14.3. The normalized spacial score (nSPS) is 14.5. The molecule has 0 spiro atoms. The van der Waals surface area contributed by atoms with E-state index in [-0.39, 0.29) is 5.56 Å². The lowest BCUT2D eigenvalue weighted by Crippen LogP contribution is -2.26. The topological polar surface area (TPSA) is 39.0 Å². The summed E-state index contributed by atoms with van der Waals surface area (Å²) in [5, 5.41) is 4.27. The van der Waals surface area contributed by atoms with Crippen molar-refractivity contribution in [3.8, 4) is 5.69 Å². The molecule has 32 heavy (non-hydrogen) atoms. The molecule has 1 fully saturated rings. The summed E-state index contributed by atoms with van der Waals surface area (Å²) in [6.07, 6.45) is 10.1. The summed E-state index contributed by atoms with van der Waals surface area (Å²) in [6, 6.07) is 13.3. The SMILES string of the molecule is C=C(Nc1ccc(SC)cc1)c1cn(CC2CCCCC2)n(-c2ccc(Cl)cc2Cl)c1=O. The zero-order valence-corrected chi connectivity index (χ0v) is 20.4. The van der Waals surface area contributed by atoms with Gasteiger partial charge in [-0.05, 0) is 67.5 Å². The standard InChI is InChI=1S/C25H27Cl2N3OS/c1-17(28-20-9-11-21(32-2)12-10-20)22-16-29(15-18-6-4-3-5-7-18)30(25(22)31)24-13-8-19(26)14-23(24)27/h8-14,16,18,28H,1,3-7,15H2,2H3. The Morgan fingerprint density at radius 1 is 1.12 bits per heavy atom. The second kappa shape index (κ2) is 10.2. The number of hydrogen-bond donors (Lipinski definition) is 1. The van der Waals surface area contributed by atoms with Crippen molar-refractivity contribution in [2.24, 2.45) is 5.92 Å². The summed E-state index contributed by atoms with van der Waals surface area (Å²) in [5.74, 6) is 0.543. The second-order valence-electron chi connectivity index (χ2n) is 8.21. The van der Waals surface area contributed by atoms with Crippen molar-refractivity contribution in [1.29, 1.82) is 0 Å². The first-order valence-electron chi connectivity index (χ1n) is 10.8. The first-order valence-corrected chi connectivity index (χ1v) is 12.8. The van der Waals surface area contributed by atoms with Crippen LogP contribution in [0.1, 0.15) is 37.7 Å². The van der Waals surface area contributed by atoms with Crippen LogP contribution in [0.3, 0.4) is 0 Å². The lowest BCUT2D eigenvalue weighted by Gasteiger charge is -2.23. The van der Waals surface area contributed by atoms with Gasteiger partial charge in [0, 0.05) is 34.0 Å². The molecule has 1 aromatic heterocycles. The summed E-state index contributed by atoms with van der Waals surface area (Å²) < 4.78 is 3.65. The molecule has 7 heteroatoms. The molecule has 0 aliphatic heterocycles. The zero-order chi connectivity index (χ0) is 22.7. The number of rotatable bonds is 7. The largest absolute Gasteiger partial charge is 0.355 e. The van der Waals surface area contributed by atoms with Crippen molar-refractivity contribution in [2.75, 3.05) is 11.6 Å². The van der Waals surface area contributed by atoms with Crippen molar-refractivity contribution >= 4 is 46.3 Å². The Morgan fingerprint density at radius 3 is 2.50 bits per heavy atom. The average Bonchev–Trinajstić information content (AvgIpc) is 3.11. The molecule has 0 saturated heterocycles. The van der Waals surface area contributed by atoms with Crippen LogP contribution in [0.4, 0.5) is 5.69 Å². The number of anilines is 1. The average molecular weight is 488 g/mol. The maximum atomic E-state index is 13.5. The van der Waals surface area contributed by atoms with E-state index in [2.05, 4.69) is 11.9 Å². The maximum Gasteiger partial charge on any atom is 0.280 e. The maximum absolute atomic E-state index is 13.5. The molecule has 0 radical (unpaired) electrons. The molecule has 2 aromatic carbocycles. The number of nitrogens with one attached hydrogen (secondary N) is 1. The molecule has 1 heterocycles. The van der Waals surface area contributed by atoms with Crippen LogP contribution >= 0.6 is 35.0 Å². The third-order valence-electron chi connectivity index (χ3n) is 5.98. The van der Waals surface area contributed by atoms with Crippen molar-refractivity contribution in [2.45, 2.75) is 43.5 Å². The molecule has 168 valence electrons. The molecule has 0 unspecified atom stereocenters. The zero-order valence-electron chi connectivity index (χ0n) is 18.1. The second-order valence-corrected chi connectivity index (χ2v) is 9.94. The van der Waals surface area contributed by atoms with E-state index in [9.17, 15) is 4.79 Å². The van der Waals surface area contributed by atoms with Gasteiger partial charge in [0.1, 0.15) is 0 Å². The Kier molecular flexibility index (Phi) is 7.39. The van der Waals surface area contributed by atoms with Gasteiger partial charge in [-0.2, -0.15) is 0 Å². The Labute approximate surface area is 203 Å². The van der Waals surface area contributed by atoms with Crippen LogP contribution in [-0.4, -0.2) is 15.6 Å². The minimum Gasteiger partial charge on any atom is -0.355 e. The van der Waals surface area contributed by atoms with E-state index < -0.39 is 0 Å². The van der Waals surface area contributed by atoms with E-state index >= 15 is 0 Å². The van der Waals surface area contributed by atoms with Gasteiger partial charge in [0.25, 0.3) is 5.56 Å². The molecule has 1 aliphatic carbocycles. The predicted molar refractivity (Wildman–Crippen MR) is 138 cm³/mol. The van der Waals surface area contributed by atoms with Crippen LogP contribution in [0, 0.1) is 5.92 Å². The quantitative estimate of drug-likeness (QED) is 0.354. The molecule has 1 saturated carbocycles. The first-order chi connectivity index (χ1) is 15.5. The van der Waals surface area contributed by atoms with E-state index in [1.165, 1.54) is 37.0 Å². The minimum absolute atomic E-state index is 0.150. The highest BCUT2D eigenvalue weighted by molar-refractivity contribution is 7.98. The van der Waals surface area contributed by atoms with Crippen LogP contribution in [-0.2, 0) is 6.54 Å². The third-order valence-corrected chi connectivity index (χ3v) is 7.26. The number of nitrogens with zero attached hydrogens (tertiary/aromatic N) is 2. The highest BCUT2D eigenvalue weighted by Gasteiger charge is 2.21. The van der Waals surface area contributed by atoms with Gasteiger partial charge in [-0.25, -0.2) is 4.68 Å². The fourth-order valence-corrected chi connectivity index (χ4v) is 5.18. The molecule has 1 N–H and O–H groups in total. The van der Waals surface area contributed by atoms with Crippen molar-refractivity contribution in [3.63, 3.8) is 0 Å². The highest BCUT2D eigenvalue weighted by Crippen LogP contribution is 2.28. The number of halogens is 2. The van der Waals surface area contributed by atoms with Gasteiger partial charge < -0.3 is 5.32 Å².